The van der Waals surface area contributed by atoms with Gasteiger partial charge >= 0.3 is 0 Å². The Labute approximate surface area is 207 Å². The van der Waals surface area contributed by atoms with Crippen molar-refractivity contribution in [1.82, 2.24) is 14.8 Å². The van der Waals surface area contributed by atoms with Crippen LogP contribution in [-0.4, -0.2) is 33.0 Å². The number of halogens is 1. The molecule has 174 valence electrons. The SMILES string of the molecule is CCOc1ccccc1NC(=O)CSc1nnc(COc2ccccc2Cl)n1-c1ccccc1. The second-order valence-corrected chi connectivity index (χ2v) is 8.40. The van der Waals surface area contributed by atoms with E-state index in [4.69, 9.17) is 21.1 Å². The summed E-state index contributed by atoms with van der Waals surface area (Å²) in [5, 5.41) is 12.6. The predicted octanol–water partition coefficient (Wildman–Crippen LogP) is 5.63. The molecule has 0 atom stereocenters. The first-order valence-electron chi connectivity index (χ1n) is 10.7. The second kappa shape index (κ2) is 11.6. The number of thioether (sulfide) groups is 1. The molecule has 0 bridgehead atoms. The van der Waals surface area contributed by atoms with Gasteiger partial charge in [0.15, 0.2) is 11.0 Å². The third kappa shape index (κ3) is 5.89. The molecule has 0 saturated heterocycles. The molecule has 1 N–H and O–H groups in total. The summed E-state index contributed by atoms with van der Waals surface area (Å²) in [6.45, 7) is 2.58. The number of aromatic nitrogens is 3. The summed E-state index contributed by atoms with van der Waals surface area (Å²) >= 11 is 7.50. The minimum atomic E-state index is -0.173. The fraction of sp³-hybridized carbons (Fsp3) is 0.160. The summed E-state index contributed by atoms with van der Waals surface area (Å²) in [7, 11) is 0. The molecule has 0 radical (unpaired) electrons. The molecule has 0 aliphatic rings. The second-order valence-electron chi connectivity index (χ2n) is 7.05. The van der Waals surface area contributed by atoms with Crippen molar-refractivity contribution in [3.05, 3.63) is 89.7 Å². The van der Waals surface area contributed by atoms with Gasteiger partial charge in [0.05, 0.1) is 23.1 Å². The van der Waals surface area contributed by atoms with Crippen LogP contribution in [0.3, 0.4) is 0 Å². The minimum Gasteiger partial charge on any atom is -0.492 e. The van der Waals surface area contributed by atoms with E-state index < -0.39 is 0 Å². The average molecular weight is 495 g/mol. The maximum absolute atomic E-state index is 12.7. The van der Waals surface area contributed by atoms with E-state index in [-0.39, 0.29) is 18.3 Å². The molecule has 0 fully saturated rings. The highest BCUT2D eigenvalue weighted by molar-refractivity contribution is 7.99. The highest BCUT2D eigenvalue weighted by Crippen LogP contribution is 2.27. The first kappa shape index (κ1) is 23.7. The number of amides is 1. The van der Waals surface area contributed by atoms with Crippen LogP contribution >= 0.6 is 23.4 Å². The standard InChI is InChI=1S/C25H23ClN4O3S/c1-2-32-22-15-9-7-13-20(22)27-24(31)17-34-25-29-28-23(30(25)18-10-4-3-5-11-18)16-33-21-14-8-6-12-19(21)26/h3-15H,2,16-17H2,1H3,(H,27,31). The molecule has 0 saturated carbocycles. The molecule has 0 spiro atoms. The van der Waals surface area contributed by atoms with Crippen LogP contribution in [0, 0.1) is 0 Å². The molecule has 1 aromatic heterocycles. The van der Waals surface area contributed by atoms with Gasteiger partial charge in [0, 0.05) is 5.69 Å². The van der Waals surface area contributed by atoms with Crippen molar-refractivity contribution in [3.8, 4) is 17.2 Å². The topological polar surface area (TPSA) is 78.3 Å². The maximum Gasteiger partial charge on any atom is 0.234 e. The van der Waals surface area contributed by atoms with Gasteiger partial charge in [-0.1, -0.05) is 65.8 Å². The number of nitrogens with one attached hydrogen (secondary N) is 1. The molecule has 4 rings (SSSR count). The number of benzene rings is 3. The van der Waals surface area contributed by atoms with Crippen LogP contribution in [0.5, 0.6) is 11.5 Å². The highest BCUT2D eigenvalue weighted by atomic mass is 35.5. The lowest BCUT2D eigenvalue weighted by Gasteiger charge is -2.12. The number of hydrogen-bond donors (Lipinski definition) is 1. The predicted molar refractivity (Wildman–Crippen MR) is 134 cm³/mol. The molecule has 1 heterocycles. The van der Waals surface area contributed by atoms with E-state index in [0.717, 1.165) is 5.69 Å². The van der Waals surface area contributed by atoms with E-state index in [2.05, 4.69) is 15.5 Å². The van der Waals surface area contributed by atoms with Gasteiger partial charge in [0.1, 0.15) is 18.1 Å². The zero-order valence-electron chi connectivity index (χ0n) is 18.5. The maximum atomic E-state index is 12.7. The molecular weight excluding hydrogens is 472 g/mol. The van der Waals surface area contributed by atoms with Crippen LogP contribution in [0.4, 0.5) is 5.69 Å². The summed E-state index contributed by atoms with van der Waals surface area (Å²) in [6, 6.07) is 24.3. The zero-order chi connectivity index (χ0) is 23.8. The van der Waals surface area contributed by atoms with Gasteiger partial charge in [0.2, 0.25) is 5.91 Å². The fourth-order valence-corrected chi connectivity index (χ4v) is 4.16. The van der Waals surface area contributed by atoms with E-state index in [1.165, 1.54) is 11.8 Å². The van der Waals surface area contributed by atoms with Crippen LogP contribution in [0.15, 0.2) is 84.0 Å². The monoisotopic (exact) mass is 494 g/mol. The number of carbonyl (C=O) groups is 1. The molecule has 34 heavy (non-hydrogen) atoms. The van der Waals surface area contributed by atoms with Crippen molar-refractivity contribution < 1.29 is 14.3 Å². The molecule has 9 heteroatoms. The molecule has 0 unspecified atom stereocenters. The number of para-hydroxylation sites is 4. The van der Waals surface area contributed by atoms with E-state index in [1.54, 1.807) is 12.1 Å². The van der Waals surface area contributed by atoms with Gasteiger partial charge in [-0.05, 0) is 43.3 Å². The lowest BCUT2D eigenvalue weighted by Crippen LogP contribution is -2.15. The van der Waals surface area contributed by atoms with E-state index >= 15 is 0 Å². The number of ether oxygens (including phenoxy) is 2. The average Bonchev–Trinajstić information content (AvgIpc) is 3.27. The van der Waals surface area contributed by atoms with Crippen LogP contribution in [0.1, 0.15) is 12.7 Å². The highest BCUT2D eigenvalue weighted by Gasteiger charge is 2.17. The summed E-state index contributed by atoms with van der Waals surface area (Å²) in [6.07, 6.45) is 0. The van der Waals surface area contributed by atoms with Gasteiger partial charge in [-0.15, -0.1) is 10.2 Å². The number of nitrogens with zero attached hydrogens (tertiary/aromatic N) is 3. The fourth-order valence-electron chi connectivity index (χ4n) is 3.20. The van der Waals surface area contributed by atoms with Crippen molar-refractivity contribution >= 4 is 35.0 Å². The van der Waals surface area contributed by atoms with Crippen LogP contribution in [0.2, 0.25) is 5.02 Å². The molecule has 7 nitrogen and oxygen atoms in total. The van der Waals surface area contributed by atoms with E-state index in [1.807, 2.05) is 78.2 Å². The third-order valence-electron chi connectivity index (χ3n) is 4.70. The van der Waals surface area contributed by atoms with Crippen molar-refractivity contribution in [2.75, 3.05) is 17.7 Å². The summed E-state index contributed by atoms with van der Waals surface area (Å²) in [4.78, 5) is 12.7. The van der Waals surface area contributed by atoms with Gasteiger partial charge < -0.3 is 14.8 Å². The van der Waals surface area contributed by atoms with Gasteiger partial charge in [0.25, 0.3) is 0 Å². The molecule has 3 aromatic carbocycles. The van der Waals surface area contributed by atoms with Gasteiger partial charge in [-0.2, -0.15) is 0 Å². The Balaban J connectivity index is 1.49. The Morgan fingerprint density at radius 3 is 2.41 bits per heavy atom. The largest absolute Gasteiger partial charge is 0.492 e. The number of anilines is 1. The summed E-state index contributed by atoms with van der Waals surface area (Å²) < 4.78 is 13.3. The minimum absolute atomic E-state index is 0.150. The van der Waals surface area contributed by atoms with Gasteiger partial charge in [-0.3, -0.25) is 9.36 Å². The van der Waals surface area contributed by atoms with Crippen LogP contribution < -0.4 is 14.8 Å². The molecule has 0 aliphatic heterocycles. The molecular formula is C25H23ClN4O3S. The Kier molecular flexibility index (Phi) is 8.06. The number of rotatable bonds is 10. The Hall–Kier alpha value is -3.49. The van der Waals surface area contributed by atoms with Crippen molar-refractivity contribution in [3.63, 3.8) is 0 Å². The molecule has 0 aliphatic carbocycles. The van der Waals surface area contributed by atoms with E-state index in [9.17, 15) is 4.79 Å². The quantitative estimate of drug-likeness (QED) is 0.288. The molecule has 1 amide bonds. The summed E-state index contributed by atoms with van der Waals surface area (Å²) in [5.74, 6) is 1.77. The smallest absolute Gasteiger partial charge is 0.234 e. The zero-order valence-corrected chi connectivity index (χ0v) is 20.1. The summed E-state index contributed by atoms with van der Waals surface area (Å²) in [5.41, 5.74) is 1.50. The van der Waals surface area contributed by atoms with Crippen molar-refractivity contribution in [2.24, 2.45) is 0 Å². The Morgan fingerprint density at radius 1 is 0.941 bits per heavy atom. The van der Waals surface area contributed by atoms with Crippen molar-refractivity contribution in [2.45, 2.75) is 18.7 Å². The van der Waals surface area contributed by atoms with Crippen LogP contribution in [-0.2, 0) is 11.4 Å². The Morgan fingerprint density at radius 2 is 1.65 bits per heavy atom. The third-order valence-corrected chi connectivity index (χ3v) is 5.94. The normalized spacial score (nSPS) is 10.6. The lowest BCUT2D eigenvalue weighted by molar-refractivity contribution is -0.113. The van der Waals surface area contributed by atoms with Crippen LogP contribution in [0.25, 0.3) is 5.69 Å². The first-order chi connectivity index (χ1) is 16.7. The van der Waals surface area contributed by atoms with E-state index in [0.29, 0.717) is 39.8 Å². The first-order valence-corrected chi connectivity index (χ1v) is 12.0. The molecule has 4 aromatic rings. The van der Waals surface area contributed by atoms with Crippen molar-refractivity contribution in [1.29, 1.82) is 0 Å². The lowest BCUT2D eigenvalue weighted by atomic mass is 10.3. The van der Waals surface area contributed by atoms with Gasteiger partial charge in [-0.25, -0.2) is 0 Å². The Bertz CT molecular complexity index is 1250. The number of hydrogen-bond acceptors (Lipinski definition) is 6. The number of carbonyl (C=O) groups excluding carboxylic acids is 1.